The van der Waals surface area contributed by atoms with Gasteiger partial charge in [0.25, 0.3) is 11.8 Å². The maximum absolute atomic E-state index is 16.2. The van der Waals surface area contributed by atoms with Crippen molar-refractivity contribution in [1.82, 2.24) is 9.88 Å². The van der Waals surface area contributed by atoms with Gasteiger partial charge in [0.05, 0.1) is 24.8 Å². The van der Waals surface area contributed by atoms with Crippen LogP contribution in [0.1, 0.15) is 36.5 Å². The molecule has 1 amide bonds. The number of nitrogens with zero attached hydrogens (tertiary/aromatic N) is 4. The number of amides is 1. The quantitative estimate of drug-likeness (QED) is 0.155. The molecule has 1 aliphatic heterocycles. The molecule has 0 aliphatic carbocycles. The lowest BCUT2D eigenvalue weighted by Crippen LogP contribution is -2.31. The van der Waals surface area contributed by atoms with Crippen LogP contribution in [-0.2, 0) is 20.9 Å². The van der Waals surface area contributed by atoms with Gasteiger partial charge >= 0.3 is 5.97 Å². The summed E-state index contributed by atoms with van der Waals surface area (Å²) in [6.45, 7) is 2.88. The smallest absolute Gasteiger partial charge is 0.347 e. The van der Waals surface area contributed by atoms with Gasteiger partial charge in [0.15, 0.2) is 17.6 Å². The highest BCUT2D eigenvalue weighted by molar-refractivity contribution is 5.99. The minimum absolute atomic E-state index is 0.0723. The van der Waals surface area contributed by atoms with Crippen molar-refractivity contribution in [2.24, 2.45) is 10.7 Å². The zero-order valence-corrected chi connectivity index (χ0v) is 27.2. The number of likely N-dealkylation sites (N-methyl/N-ethyl adjacent to an activating group) is 1. The summed E-state index contributed by atoms with van der Waals surface area (Å²) >= 11 is 0. The first-order chi connectivity index (χ1) is 24.2. The van der Waals surface area contributed by atoms with Crippen LogP contribution >= 0.6 is 0 Å². The number of esters is 1. The standard InChI is InChI=1S/C36H33F2N5O7/c1-3-46-36(45)27(14-15-29(40)44)49-32-30(37)34(48-25-11-7-10-24(19-25)33-41-16-17-43(33)2)42-35(31(32)38)50-28-18-23(20-39)12-13-26(28)47-21-22-8-5-4-6-9-22/h4-13,18-19,27H,3,14-17,21H2,1-2H3,(H2,40,44). The monoisotopic (exact) mass is 685 g/mol. The Morgan fingerprint density at radius 1 is 1.00 bits per heavy atom. The predicted octanol–water partition coefficient (Wildman–Crippen LogP) is 5.66. The van der Waals surface area contributed by atoms with Gasteiger partial charge in [-0.1, -0.05) is 42.5 Å². The Morgan fingerprint density at radius 2 is 1.76 bits per heavy atom. The van der Waals surface area contributed by atoms with Crippen LogP contribution in [0.15, 0.2) is 77.8 Å². The Balaban J connectivity index is 1.56. The number of aliphatic imine (C=N–C) groups is 1. The topological polar surface area (TPSA) is 159 Å². The van der Waals surface area contributed by atoms with E-state index in [9.17, 15) is 14.9 Å². The summed E-state index contributed by atoms with van der Waals surface area (Å²) in [5.41, 5.74) is 6.91. The van der Waals surface area contributed by atoms with Crippen molar-refractivity contribution < 1.29 is 42.1 Å². The average Bonchev–Trinajstić information content (AvgIpc) is 3.55. The molecule has 0 bridgehead atoms. The number of pyridine rings is 1. The summed E-state index contributed by atoms with van der Waals surface area (Å²) in [6, 6.07) is 22.0. The number of rotatable bonds is 15. The second-order valence-electron chi connectivity index (χ2n) is 10.9. The third-order valence-corrected chi connectivity index (χ3v) is 7.32. The Labute approximate surface area is 286 Å². The van der Waals surface area contributed by atoms with Gasteiger partial charge in [-0.2, -0.15) is 19.0 Å². The van der Waals surface area contributed by atoms with E-state index >= 15 is 8.78 Å². The number of carbonyl (C=O) groups excluding carboxylic acids is 2. The predicted molar refractivity (Wildman–Crippen MR) is 176 cm³/mol. The van der Waals surface area contributed by atoms with E-state index < -0.39 is 47.1 Å². The Hall–Kier alpha value is -6.23. The van der Waals surface area contributed by atoms with Gasteiger partial charge in [-0.15, -0.1) is 0 Å². The zero-order chi connectivity index (χ0) is 35.6. The summed E-state index contributed by atoms with van der Waals surface area (Å²) in [5.74, 6) is -6.50. The SMILES string of the molecule is CCOC(=O)C(CCC(N)=O)Oc1c(F)c(Oc2cccc(C3=NCCN3C)c2)nc(Oc2cc(C#N)ccc2OCc2ccccc2)c1F. The fraction of sp³-hybridized carbons (Fsp3) is 0.250. The van der Waals surface area contributed by atoms with Gasteiger partial charge in [-0.25, -0.2) is 4.79 Å². The molecule has 3 aromatic carbocycles. The molecule has 5 rings (SSSR count). The summed E-state index contributed by atoms with van der Waals surface area (Å²) in [6.07, 6.45) is -2.33. The van der Waals surface area contributed by atoms with Gasteiger partial charge in [0, 0.05) is 38.1 Å². The molecule has 12 nitrogen and oxygen atoms in total. The molecule has 1 atom stereocenters. The molecule has 0 saturated carbocycles. The van der Waals surface area contributed by atoms with Gasteiger partial charge in [-0.05, 0) is 36.8 Å². The van der Waals surface area contributed by atoms with Crippen molar-refractivity contribution in [2.75, 3.05) is 26.7 Å². The third-order valence-electron chi connectivity index (χ3n) is 7.32. The molecule has 2 N–H and O–H groups in total. The number of ether oxygens (including phenoxy) is 5. The van der Waals surface area contributed by atoms with Crippen LogP contribution in [0.5, 0.6) is 34.8 Å². The average molecular weight is 686 g/mol. The van der Waals surface area contributed by atoms with Crippen LogP contribution in [0.4, 0.5) is 8.78 Å². The number of amidine groups is 1. The van der Waals surface area contributed by atoms with E-state index in [1.165, 1.54) is 31.2 Å². The number of hydrogen-bond acceptors (Lipinski definition) is 11. The molecule has 2 heterocycles. The second-order valence-corrected chi connectivity index (χ2v) is 10.9. The maximum atomic E-state index is 16.2. The van der Waals surface area contributed by atoms with E-state index in [0.717, 1.165) is 12.1 Å². The first kappa shape index (κ1) is 35.1. The minimum Gasteiger partial charge on any atom is -0.485 e. The number of primary amides is 1. The van der Waals surface area contributed by atoms with Gasteiger partial charge in [0.2, 0.25) is 23.3 Å². The number of nitrogens with two attached hydrogens (primary N) is 1. The van der Waals surface area contributed by atoms with Crippen molar-refractivity contribution >= 4 is 17.7 Å². The van der Waals surface area contributed by atoms with Crippen LogP contribution in [0.25, 0.3) is 0 Å². The summed E-state index contributed by atoms with van der Waals surface area (Å²) in [5, 5.41) is 9.56. The largest absolute Gasteiger partial charge is 0.485 e. The molecule has 258 valence electrons. The molecular weight excluding hydrogens is 652 g/mol. The number of halogens is 2. The van der Waals surface area contributed by atoms with E-state index in [4.69, 9.17) is 29.4 Å². The normalized spacial score (nSPS) is 12.8. The number of benzene rings is 3. The third kappa shape index (κ3) is 8.62. The highest BCUT2D eigenvalue weighted by atomic mass is 19.1. The van der Waals surface area contributed by atoms with E-state index in [1.54, 1.807) is 18.2 Å². The maximum Gasteiger partial charge on any atom is 0.347 e. The van der Waals surface area contributed by atoms with Crippen molar-refractivity contribution in [3.63, 3.8) is 0 Å². The van der Waals surface area contributed by atoms with Gasteiger partial charge in [0.1, 0.15) is 18.2 Å². The fourth-order valence-corrected chi connectivity index (χ4v) is 4.87. The summed E-state index contributed by atoms with van der Waals surface area (Å²) in [4.78, 5) is 34.7. The van der Waals surface area contributed by atoms with Crippen molar-refractivity contribution in [3.05, 3.63) is 101 Å². The summed E-state index contributed by atoms with van der Waals surface area (Å²) < 4.78 is 60.6. The number of aromatic nitrogens is 1. The van der Waals surface area contributed by atoms with E-state index in [0.29, 0.717) is 17.9 Å². The summed E-state index contributed by atoms with van der Waals surface area (Å²) in [7, 11) is 1.88. The van der Waals surface area contributed by atoms with Crippen LogP contribution < -0.4 is 24.7 Å². The second kappa shape index (κ2) is 16.2. The molecule has 0 saturated heterocycles. The van der Waals surface area contributed by atoms with Crippen LogP contribution in [0.3, 0.4) is 0 Å². The van der Waals surface area contributed by atoms with Gasteiger partial charge in [-0.3, -0.25) is 9.79 Å². The molecule has 1 aromatic heterocycles. The lowest BCUT2D eigenvalue weighted by Gasteiger charge is -2.20. The molecule has 0 spiro atoms. The Bertz CT molecular complexity index is 1930. The Kier molecular flexibility index (Phi) is 11.4. The fourth-order valence-electron chi connectivity index (χ4n) is 4.87. The number of nitriles is 1. The zero-order valence-electron chi connectivity index (χ0n) is 27.2. The first-order valence-electron chi connectivity index (χ1n) is 15.6. The van der Waals surface area contributed by atoms with Crippen LogP contribution in [0, 0.1) is 23.0 Å². The Morgan fingerprint density at radius 3 is 2.44 bits per heavy atom. The highest BCUT2D eigenvalue weighted by Crippen LogP contribution is 2.41. The van der Waals surface area contributed by atoms with Crippen LogP contribution in [0.2, 0.25) is 0 Å². The van der Waals surface area contributed by atoms with E-state index in [1.807, 2.05) is 48.3 Å². The lowest BCUT2D eigenvalue weighted by atomic mass is 10.2. The molecule has 1 unspecified atom stereocenters. The highest BCUT2D eigenvalue weighted by Gasteiger charge is 2.31. The van der Waals surface area contributed by atoms with E-state index in [2.05, 4.69) is 9.98 Å². The molecule has 50 heavy (non-hydrogen) atoms. The van der Waals surface area contributed by atoms with Gasteiger partial charge < -0.3 is 34.3 Å². The molecule has 1 aliphatic rings. The molecule has 0 radical (unpaired) electrons. The molecule has 4 aromatic rings. The molecule has 0 fully saturated rings. The lowest BCUT2D eigenvalue weighted by molar-refractivity contribution is -0.152. The van der Waals surface area contributed by atoms with E-state index in [-0.39, 0.29) is 48.9 Å². The molecular formula is C36H33F2N5O7. The number of carbonyl (C=O) groups is 2. The van der Waals surface area contributed by atoms with Crippen molar-refractivity contribution in [2.45, 2.75) is 32.5 Å². The molecule has 14 heteroatoms. The van der Waals surface area contributed by atoms with Crippen molar-refractivity contribution in [1.29, 1.82) is 5.26 Å². The number of hydrogen-bond donors (Lipinski definition) is 1. The van der Waals surface area contributed by atoms with Crippen molar-refractivity contribution in [3.8, 4) is 40.8 Å². The first-order valence-corrected chi connectivity index (χ1v) is 15.6. The van der Waals surface area contributed by atoms with Crippen LogP contribution in [-0.4, -0.2) is 60.4 Å². The minimum atomic E-state index is -1.64.